The number of esters is 1. The lowest BCUT2D eigenvalue weighted by Crippen LogP contribution is -2.37. The average Bonchev–Trinajstić information content (AvgIpc) is 2.84. The van der Waals surface area contributed by atoms with Crippen molar-refractivity contribution in [2.24, 2.45) is 0 Å². The molecule has 3 rings (SSSR count). The summed E-state index contributed by atoms with van der Waals surface area (Å²) in [6.07, 6.45) is 13.0. The van der Waals surface area contributed by atoms with E-state index in [1.165, 1.54) is 49.9 Å². The molecule has 0 amide bonds. The van der Waals surface area contributed by atoms with Crippen molar-refractivity contribution in [3.05, 3.63) is 89.5 Å². The zero-order chi connectivity index (χ0) is 23.5. The third kappa shape index (κ3) is 7.16. The van der Waals surface area contributed by atoms with Gasteiger partial charge in [-0.25, -0.2) is 9.59 Å². The molecule has 33 heavy (non-hydrogen) atoms. The van der Waals surface area contributed by atoms with Crippen LogP contribution in [0.5, 0.6) is 0 Å². The van der Waals surface area contributed by atoms with Crippen LogP contribution in [0.25, 0.3) is 5.57 Å². The quantitative estimate of drug-likeness (QED) is 0.223. The molecular formula is C28H32O5. The number of hydrogen-bond acceptors (Lipinski definition) is 4. The molecular weight excluding hydrogens is 416 g/mol. The summed E-state index contributed by atoms with van der Waals surface area (Å²) < 4.78 is 12.0. The van der Waals surface area contributed by atoms with Crippen molar-refractivity contribution in [2.45, 2.75) is 57.7 Å². The predicted molar refractivity (Wildman–Crippen MR) is 129 cm³/mol. The number of rotatable bonds is 12. The number of carboxylic acids is 1. The monoisotopic (exact) mass is 448 g/mol. The average molecular weight is 449 g/mol. The van der Waals surface area contributed by atoms with Crippen LogP contribution in [0.15, 0.2) is 72.8 Å². The van der Waals surface area contributed by atoms with Crippen molar-refractivity contribution >= 4 is 17.5 Å². The summed E-state index contributed by atoms with van der Waals surface area (Å²) >= 11 is 0. The highest BCUT2D eigenvalue weighted by Crippen LogP contribution is 2.32. The molecule has 174 valence electrons. The number of unbranched alkanes of at least 4 members (excludes halogenated alkanes) is 5. The second kappa shape index (κ2) is 12.2. The molecule has 2 aromatic carbocycles. The van der Waals surface area contributed by atoms with Gasteiger partial charge in [-0.3, -0.25) is 0 Å². The summed E-state index contributed by atoms with van der Waals surface area (Å²) in [6, 6.07) is 15.7. The Labute approximate surface area is 195 Å². The number of ether oxygens (including phenoxy) is 2. The predicted octanol–water partition coefficient (Wildman–Crippen LogP) is 6.66. The maximum Gasteiger partial charge on any atom is 0.340 e. The molecule has 0 radical (unpaired) electrons. The molecule has 0 saturated heterocycles. The van der Waals surface area contributed by atoms with Gasteiger partial charge in [-0.2, -0.15) is 0 Å². The largest absolute Gasteiger partial charge is 0.478 e. The first-order valence-corrected chi connectivity index (χ1v) is 11.7. The third-order valence-corrected chi connectivity index (χ3v) is 5.71. The second-order valence-electron chi connectivity index (χ2n) is 8.26. The number of carboxylic acid groups (broad SMARTS) is 1. The Morgan fingerprint density at radius 2 is 1.58 bits per heavy atom. The lowest BCUT2D eigenvalue weighted by molar-refractivity contribution is -0.169. The minimum Gasteiger partial charge on any atom is -0.478 e. The van der Waals surface area contributed by atoms with Crippen LogP contribution in [-0.2, 0) is 9.47 Å². The molecule has 0 aromatic heterocycles. The number of aromatic carboxylic acids is 1. The molecule has 0 bridgehead atoms. The fourth-order valence-corrected chi connectivity index (χ4v) is 3.75. The van der Waals surface area contributed by atoms with Gasteiger partial charge in [-0.15, -0.1) is 0 Å². The zero-order valence-corrected chi connectivity index (χ0v) is 19.2. The molecule has 1 N–H and O–H groups in total. The van der Waals surface area contributed by atoms with Gasteiger partial charge in [0.15, 0.2) is 0 Å². The molecule has 0 fully saturated rings. The smallest absolute Gasteiger partial charge is 0.340 e. The molecule has 2 aromatic rings. The number of carbonyl (C=O) groups excluding carboxylic acids is 1. The second-order valence-corrected chi connectivity index (χ2v) is 8.26. The molecule has 5 heteroatoms. The molecule has 1 unspecified atom stereocenters. The number of allylic oxidation sites excluding steroid dienone is 2. The Morgan fingerprint density at radius 1 is 0.909 bits per heavy atom. The molecule has 0 spiro atoms. The topological polar surface area (TPSA) is 72.8 Å². The molecule has 0 saturated carbocycles. The fourth-order valence-electron chi connectivity index (χ4n) is 3.75. The molecule has 5 nitrogen and oxygen atoms in total. The Bertz CT molecular complexity index is 975. The molecule has 0 heterocycles. The summed E-state index contributed by atoms with van der Waals surface area (Å²) in [5.74, 6) is -2.76. The molecule has 0 aliphatic heterocycles. The van der Waals surface area contributed by atoms with Gasteiger partial charge in [0.05, 0.1) is 17.7 Å². The number of benzene rings is 2. The highest BCUT2D eigenvalue weighted by atomic mass is 16.7. The van der Waals surface area contributed by atoms with E-state index in [1.807, 2.05) is 48.6 Å². The summed E-state index contributed by atoms with van der Waals surface area (Å²) in [7, 11) is 0. The van der Waals surface area contributed by atoms with Crippen LogP contribution in [0.3, 0.4) is 0 Å². The van der Waals surface area contributed by atoms with Crippen LogP contribution >= 0.6 is 0 Å². The van der Waals surface area contributed by atoms with Gasteiger partial charge >= 0.3 is 11.9 Å². The van der Waals surface area contributed by atoms with Crippen LogP contribution in [-0.4, -0.2) is 29.4 Å². The van der Waals surface area contributed by atoms with Crippen molar-refractivity contribution < 1.29 is 24.2 Å². The maximum atomic E-state index is 12.9. The van der Waals surface area contributed by atoms with Crippen LogP contribution < -0.4 is 0 Å². The Morgan fingerprint density at radius 3 is 2.21 bits per heavy atom. The van der Waals surface area contributed by atoms with Crippen molar-refractivity contribution in [3.63, 3.8) is 0 Å². The minimum absolute atomic E-state index is 0.119. The van der Waals surface area contributed by atoms with E-state index in [0.717, 1.165) is 24.0 Å². The van der Waals surface area contributed by atoms with E-state index in [-0.39, 0.29) is 11.1 Å². The lowest BCUT2D eigenvalue weighted by atomic mass is 9.96. The van der Waals surface area contributed by atoms with Gasteiger partial charge in [0.1, 0.15) is 0 Å². The van der Waals surface area contributed by atoms with E-state index in [2.05, 4.69) is 6.92 Å². The summed E-state index contributed by atoms with van der Waals surface area (Å²) in [5.41, 5.74) is 2.55. The standard InChI is InChI=1S/C28H32O5/c1-2-3-4-5-6-10-21-32-28(19-17-23(18-20-28)22-11-8-7-9-12-22)33-27(31)25-15-13-24(14-16-25)26(29)30/h7-9,11-19H,2-6,10,20-21H2,1H3,(H,29,30). The number of hydrogen-bond donors (Lipinski definition) is 1. The van der Waals surface area contributed by atoms with Crippen LogP contribution in [0.2, 0.25) is 0 Å². The highest BCUT2D eigenvalue weighted by Gasteiger charge is 2.34. The van der Waals surface area contributed by atoms with Crippen molar-refractivity contribution in [1.82, 2.24) is 0 Å². The van der Waals surface area contributed by atoms with Crippen LogP contribution in [0.1, 0.15) is 78.1 Å². The van der Waals surface area contributed by atoms with Crippen LogP contribution in [0.4, 0.5) is 0 Å². The van der Waals surface area contributed by atoms with E-state index in [4.69, 9.17) is 14.6 Å². The maximum absolute atomic E-state index is 12.9. The Kier molecular flexibility index (Phi) is 9.02. The van der Waals surface area contributed by atoms with Gasteiger partial charge in [0, 0.05) is 6.42 Å². The van der Waals surface area contributed by atoms with E-state index >= 15 is 0 Å². The van der Waals surface area contributed by atoms with E-state index in [9.17, 15) is 9.59 Å². The first kappa shape index (κ1) is 24.5. The Hall–Kier alpha value is -3.18. The van der Waals surface area contributed by atoms with Crippen LogP contribution in [0, 0.1) is 0 Å². The van der Waals surface area contributed by atoms with Crippen molar-refractivity contribution in [2.75, 3.05) is 6.61 Å². The summed E-state index contributed by atoms with van der Waals surface area (Å²) in [5, 5.41) is 9.07. The van der Waals surface area contributed by atoms with Gasteiger partial charge in [-0.05, 0) is 47.9 Å². The van der Waals surface area contributed by atoms with E-state index in [1.54, 1.807) is 0 Å². The first-order chi connectivity index (χ1) is 16.0. The van der Waals surface area contributed by atoms with Crippen molar-refractivity contribution in [3.8, 4) is 0 Å². The number of carbonyl (C=O) groups is 2. The molecule has 1 atom stereocenters. The lowest BCUT2D eigenvalue weighted by Gasteiger charge is -2.32. The highest BCUT2D eigenvalue weighted by molar-refractivity contribution is 5.92. The van der Waals surface area contributed by atoms with E-state index < -0.39 is 17.7 Å². The van der Waals surface area contributed by atoms with Gasteiger partial charge in [-0.1, -0.05) is 81.5 Å². The van der Waals surface area contributed by atoms with Crippen molar-refractivity contribution in [1.29, 1.82) is 0 Å². The van der Waals surface area contributed by atoms with Gasteiger partial charge in [0.25, 0.3) is 0 Å². The first-order valence-electron chi connectivity index (χ1n) is 11.7. The third-order valence-electron chi connectivity index (χ3n) is 5.71. The van der Waals surface area contributed by atoms with Gasteiger partial charge in [0.2, 0.25) is 5.79 Å². The minimum atomic E-state index is -1.18. The summed E-state index contributed by atoms with van der Waals surface area (Å²) in [4.78, 5) is 23.9. The molecule has 1 aliphatic rings. The summed E-state index contributed by atoms with van der Waals surface area (Å²) in [6.45, 7) is 2.69. The zero-order valence-electron chi connectivity index (χ0n) is 19.2. The SMILES string of the molecule is CCCCCCCCOC1(OC(=O)c2ccc(C(=O)O)cc2)C=CC(c2ccccc2)=CC1. The fraction of sp³-hybridized carbons (Fsp3) is 0.357. The Balaban J connectivity index is 1.68. The molecule has 1 aliphatic carbocycles. The normalized spacial score (nSPS) is 17.4. The van der Waals surface area contributed by atoms with E-state index in [0.29, 0.717) is 13.0 Å². The van der Waals surface area contributed by atoms with Gasteiger partial charge < -0.3 is 14.6 Å².